The fourth-order valence-electron chi connectivity index (χ4n) is 7.30. The molecule has 5 N–H and O–H groups in total. The van der Waals surface area contributed by atoms with Crippen LogP contribution >= 0.6 is 0 Å². The lowest BCUT2D eigenvalue weighted by molar-refractivity contribution is -0.149. The third-order valence-corrected chi connectivity index (χ3v) is 11.1. The molecule has 4 aromatic rings. The van der Waals surface area contributed by atoms with E-state index in [0.29, 0.717) is 49.2 Å². The smallest absolute Gasteiger partial charge is 0.308 e. The summed E-state index contributed by atoms with van der Waals surface area (Å²) in [6, 6.07) is 21.3. The van der Waals surface area contributed by atoms with Crippen molar-refractivity contribution in [2.24, 2.45) is 11.0 Å². The molecule has 73 heavy (non-hydrogen) atoms. The molecule has 0 spiro atoms. The van der Waals surface area contributed by atoms with E-state index in [1.165, 1.54) is 0 Å². The number of hydrogen-bond donors (Lipinski definition) is 5. The number of azide groups is 1. The van der Waals surface area contributed by atoms with Crippen molar-refractivity contribution in [3.8, 4) is 0 Å². The first-order valence-corrected chi connectivity index (χ1v) is 24.7. The quantitative estimate of drug-likeness (QED) is 0.0140. The molecule has 0 fully saturated rings. The van der Waals surface area contributed by atoms with E-state index < -0.39 is 78.5 Å². The molecular weight excluding hydrogens is 939 g/mol. The van der Waals surface area contributed by atoms with Crippen molar-refractivity contribution in [2.75, 3.05) is 26.3 Å². The van der Waals surface area contributed by atoms with Crippen LogP contribution in [0.2, 0.25) is 0 Å². The number of ether oxygens (including phenoxy) is 3. The van der Waals surface area contributed by atoms with E-state index in [-0.39, 0.29) is 58.1 Å². The highest BCUT2D eigenvalue weighted by Gasteiger charge is 2.34. The second-order valence-electron chi connectivity index (χ2n) is 17.7. The number of carbonyl (C=O) groups is 7. The largest absolute Gasteiger partial charge is 0.461 e. The summed E-state index contributed by atoms with van der Waals surface area (Å²) in [5, 5.41) is 25.2. The van der Waals surface area contributed by atoms with Gasteiger partial charge in [-0.3, -0.25) is 33.6 Å². The normalized spacial score (nSPS) is 12.5. The van der Waals surface area contributed by atoms with Crippen LogP contribution < -0.4 is 26.6 Å². The summed E-state index contributed by atoms with van der Waals surface area (Å²) in [5.41, 5.74) is 11.2. The van der Waals surface area contributed by atoms with Gasteiger partial charge in [0.05, 0.1) is 38.3 Å². The zero-order chi connectivity index (χ0) is 52.6. The molecular formula is C52H69N11O10. The summed E-state index contributed by atoms with van der Waals surface area (Å²) >= 11 is 0. The molecule has 21 heteroatoms. The van der Waals surface area contributed by atoms with Crippen molar-refractivity contribution in [1.82, 2.24) is 41.6 Å². The van der Waals surface area contributed by atoms with Crippen molar-refractivity contribution in [3.63, 3.8) is 0 Å². The molecule has 3 aromatic carbocycles. The Morgan fingerprint density at radius 1 is 0.671 bits per heavy atom. The summed E-state index contributed by atoms with van der Waals surface area (Å²) in [6.45, 7) is 7.02. The van der Waals surface area contributed by atoms with E-state index in [1.54, 1.807) is 89.7 Å². The number of esters is 2. The summed E-state index contributed by atoms with van der Waals surface area (Å²) in [4.78, 5) is 99.2. The summed E-state index contributed by atoms with van der Waals surface area (Å²) in [7, 11) is 0. The Labute approximate surface area is 425 Å². The molecule has 0 unspecified atom stereocenters. The monoisotopic (exact) mass is 1010 g/mol. The van der Waals surface area contributed by atoms with Crippen LogP contribution in [0.4, 0.5) is 0 Å². The van der Waals surface area contributed by atoms with Crippen LogP contribution in [0.25, 0.3) is 10.4 Å². The Morgan fingerprint density at radius 2 is 1.22 bits per heavy atom. The highest BCUT2D eigenvalue weighted by molar-refractivity contribution is 5.97. The Morgan fingerprint density at radius 3 is 1.79 bits per heavy atom. The van der Waals surface area contributed by atoms with Gasteiger partial charge in [-0.2, -0.15) is 0 Å². The molecule has 0 bridgehead atoms. The standard InChI is InChI=1S/C52H69N11O10/c1-4-5-15-25-54-49(67)44(32-47(65)72-35-39-19-11-7-12-20-39)58-52(70)45(33-48(66)73-36-40-21-13-8-14-22-40)59-50(68)42(30-37(2)3)57-51(69)43(31-38-17-9-6-10-18-38)56-46(64)24-16-23-41-34-63(62-60-41)27-29-71-28-26-55-61-53/h6-14,17-22,34,37,42-45H,4-5,15-16,23-33,35-36H2,1-3H3,(H,54,67)(H,56,64)(H,57,69)(H,58,70)(H,59,68)/t42-,43+,44-,45+/m0/s1. The molecule has 0 radical (unpaired) electrons. The van der Waals surface area contributed by atoms with Gasteiger partial charge in [-0.1, -0.05) is 135 Å². The maximum Gasteiger partial charge on any atom is 0.308 e. The number of carbonyl (C=O) groups excluding carboxylic acids is 7. The lowest BCUT2D eigenvalue weighted by Gasteiger charge is -2.27. The van der Waals surface area contributed by atoms with Gasteiger partial charge in [0.1, 0.15) is 37.4 Å². The zero-order valence-corrected chi connectivity index (χ0v) is 41.9. The molecule has 0 aliphatic carbocycles. The summed E-state index contributed by atoms with van der Waals surface area (Å²) in [6.07, 6.45) is 3.92. The number of amides is 5. The first kappa shape index (κ1) is 57.9. The van der Waals surface area contributed by atoms with Gasteiger partial charge in [0.25, 0.3) is 0 Å². The van der Waals surface area contributed by atoms with Gasteiger partial charge in [0, 0.05) is 37.0 Å². The van der Waals surface area contributed by atoms with Crippen molar-refractivity contribution in [1.29, 1.82) is 0 Å². The maximum absolute atomic E-state index is 14.4. The number of nitrogens with one attached hydrogen (secondary N) is 5. The Bertz CT molecular complexity index is 2380. The highest BCUT2D eigenvalue weighted by Crippen LogP contribution is 2.12. The van der Waals surface area contributed by atoms with E-state index >= 15 is 0 Å². The number of unbranched alkanes of at least 4 members (excludes halogenated alkanes) is 2. The molecule has 4 atom stereocenters. The van der Waals surface area contributed by atoms with E-state index in [4.69, 9.17) is 19.7 Å². The van der Waals surface area contributed by atoms with Gasteiger partial charge in [0.15, 0.2) is 0 Å². The first-order valence-electron chi connectivity index (χ1n) is 24.7. The average molecular weight is 1010 g/mol. The van der Waals surface area contributed by atoms with Gasteiger partial charge in [-0.25, -0.2) is 4.68 Å². The minimum atomic E-state index is -1.64. The number of nitrogens with zero attached hydrogens (tertiary/aromatic N) is 6. The number of aryl methyl sites for hydroxylation is 1. The second-order valence-corrected chi connectivity index (χ2v) is 17.7. The van der Waals surface area contributed by atoms with E-state index in [1.807, 2.05) is 32.9 Å². The van der Waals surface area contributed by atoms with E-state index in [2.05, 4.69) is 46.9 Å². The number of benzene rings is 3. The van der Waals surface area contributed by atoms with Crippen LogP contribution in [0, 0.1) is 5.92 Å². The number of hydrogen-bond acceptors (Lipinski definition) is 13. The van der Waals surface area contributed by atoms with Crippen molar-refractivity contribution >= 4 is 41.5 Å². The Hall–Kier alpha value is -7.64. The van der Waals surface area contributed by atoms with Gasteiger partial charge < -0.3 is 40.8 Å². The molecule has 392 valence electrons. The Kier molecular flexibility index (Phi) is 26.3. The fourth-order valence-corrected chi connectivity index (χ4v) is 7.30. The first-order chi connectivity index (χ1) is 35.3. The summed E-state index contributed by atoms with van der Waals surface area (Å²) in [5.74, 6) is -5.33. The Balaban J connectivity index is 1.49. The third-order valence-electron chi connectivity index (χ3n) is 11.1. The number of rotatable bonds is 34. The predicted octanol–water partition coefficient (Wildman–Crippen LogP) is 4.73. The molecule has 0 saturated carbocycles. The highest BCUT2D eigenvalue weighted by atomic mass is 16.5. The maximum atomic E-state index is 14.4. The predicted molar refractivity (Wildman–Crippen MR) is 269 cm³/mol. The molecule has 0 aliphatic heterocycles. The van der Waals surface area contributed by atoms with Crippen molar-refractivity contribution < 1.29 is 47.8 Å². The molecule has 0 saturated heterocycles. The van der Waals surface area contributed by atoms with Crippen molar-refractivity contribution in [3.05, 3.63) is 130 Å². The van der Waals surface area contributed by atoms with Gasteiger partial charge >= 0.3 is 11.9 Å². The van der Waals surface area contributed by atoms with E-state index in [0.717, 1.165) is 18.4 Å². The molecule has 5 amide bonds. The minimum Gasteiger partial charge on any atom is -0.461 e. The topological polar surface area (TPSA) is 287 Å². The van der Waals surface area contributed by atoms with Crippen LogP contribution in [0.3, 0.4) is 0 Å². The van der Waals surface area contributed by atoms with Crippen LogP contribution in [0.5, 0.6) is 0 Å². The second kappa shape index (κ2) is 33.1. The molecule has 21 nitrogen and oxygen atoms in total. The fraction of sp³-hybridized carbons (Fsp3) is 0.481. The van der Waals surface area contributed by atoms with Crippen LogP contribution in [-0.4, -0.2) is 107 Å². The van der Waals surface area contributed by atoms with Crippen LogP contribution in [0.15, 0.2) is 102 Å². The molecule has 1 heterocycles. The van der Waals surface area contributed by atoms with Crippen molar-refractivity contribution in [2.45, 2.75) is 129 Å². The van der Waals surface area contributed by atoms with Gasteiger partial charge in [-0.05, 0) is 53.8 Å². The van der Waals surface area contributed by atoms with Gasteiger partial charge in [0.2, 0.25) is 29.5 Å². The lowest BCUT2D eigenvalue weighted by atomic mass is 10.00. The lowest BCUT2D eigenvalue weighted by Crippen LogP contribution is -2.59. The molecule has 1 aromatic heterocycles. The number of aromatic nitrogens is 3. The SMILES string of the molecule is CCCCCNC(=O)[C@H](CC(=O)OCc1ccccc1)NC(=O)[C@@H](CC(=O)OCc1ccccc1)NC(=O)[C@H](CC(C)C)NC(=O)[C@@H](Cc1ccccc1)NC(=O)CCCc1cn(CCOCCN=[N+]=[N-])nn1. The minimum absolute atomic E-state index is 0.0452. The molecule has 4 rings (SSSR count). The van der Waals surface area contributed by atoms with Crippen LogP contribution in [-0.2, 0) is 80.4 Å². The van der Waals surface area contributed by atoms with Crippen LogP contribution in [0.1, 0.15) is 94.5 Å². The van der Waals surface area contributed by atoms with E-state index in [9.17, 15) is 33.6 Å². The average Bonchev–Trinajstić information content (AvgIpc) is 3.84. The summed E-state index contributed by atoms with van der Waals surface area (Å²) < 4.78 is 18.0. The van der Waals surface area contributed by atoms with Gasteiger partial charge in [-0.15, -0.1) is 5.10 Å². The molecule has 0 aliphatic rings. The zero-order valence-electron chi connectivity index (χ0n) is 41.9. The third kappa shape index (κ3) is 23.4.